The van der Waals surface area contributed by atoms with E-state index in [9.17, 15) is 0 Å². The van der Waals surface area contributed by atoms with Crippen molar-refractivity contribution in [3.63, 3.8) is 0 Å². The van der Waals surface area contributed by atoms with Crippen LogP contribution in [0.5, 0.6) is 0 Å². The lowest BCUT2D eigenvalue weighted by Crippen LogP contribution is -2.20. The molecule has 1 rings (SSSR count). The minimum absolute atomic E-state index is 0.592. The van der Waals surface area contributed by atoms with Gasteiger partial charge in [0.2, 0.25) is 0 Å². The molecule has 0 spiro atoms. The zero-order chi connectivity index (χ0) is 11.3. The van der Waals surface area contributed by atoms with E-state index < -0.39 is 0 Å². The monoisotopic (exact) mass is 211 g/mol. The molecule has 0 fully saturated rings. The van der Waals surface area contributed by atoms with E-state index in [0.717, 1.165) is 25.5 Å². The summed E-state index contributed by atoms with van der Waals surface area (Å²) in [7, 11) is 0. The highest BCUT2D eigenvalue weighted by molar-refractivity contribution is 4.80. The Morgan fingerprint density at radius 2 is 2.07 bits per heavy atom. The Morgan fingerprint density at radius 3 is 2.67 bits per heavy atom. The van der Waals surface area contributed by atoms with Crippen molar-refractivity contribution >= 4 is 0 Å². The summed E-state index contributed by atoms with van der Waals surface area (Å²) in [6.45, 7) is 11.3. The largest absolute Gasteiger partial charge is 0.310 e. The average Bonchev–Trinajstić information content (AvgIpc) is 2.62. The number of hydrogen-bond donors (Lipinski definition) is 1. The molecule has 1 N–H and O–H groups in total. The van der Waals surface area contributed by atoms with Crippen molar-refractivity contribution in [2.45, 2.75) is 40.8 Å². The molecule has 5 heteroatoms. The van der Waals surface area contributed by atoms with Gasteiger partial charge in [-0.2, -0.15) is 0 Å². The van der Waals surface area contributed by atoms with E-state index in [2.05, 4.69) is 48.5 Å². The van der Waals surface area contributed by atoms with Crippen molar-refractivity contribution in [1.82, 2.24) is 25.5 Å². The first-order valence-electron chi connectivity index (χ1n) is 5.60. The Labute approximate surface area is 91.2 Å². The summed E-state index contributed by atoms with van der Waals surface area (Å²) in [5.41, 5.74) is 0. The van der Waals surface area contributed by atoms with Gasteiger partial charge in [-0.25, -0.2) is 4.68 Å². The van der Waals surface area contributed by atoms with Gasteiger partial charge in [0.1, 0.15) is 0 Å². The summed E-state index contributed by atoms with van der Waals surface area (Å²) in [5, 5.41) is 15.0. The van der Waals surface area contributed by atoms with E-state index >= 15 is 0 Å². The molecule has 0 saturated heterocycles. The average molecular weight is 211 g/mol. The molecule has 0 aromatic carbocycles. The summed E-state index contributed by atoms with van der Waals surface area (Å²) in [6.07, 6.45) is 0. The Hall–Kier alpha value is -0.970. The number of hydrogen-bond acceptors (Lipinski definition) is 4. The highest BCUT2D eigenvalue weighted by Crippen LogP contribution is 2.12. The van der Waals surface area contributed by atoms with Gasteiger partial charge >= 0.3 is 0 Å². The van der Waals surface area contributed by atoms with Gasteiger partial charge in [-0.1, -0.05) is 27.7 Å². The molecule has 15 heavy (non-hydrogen) atoms. The molecule has 1 aromatic rings. The molecule has 0 aliphatic carbocycles. The van der Waals surface area contributed by atoms with Gasteiger partial charge in [-0.3, -0.25) is 0 Å². The maximum Gasteiger partial charge on any atom is 0.165 e. The van der Waals surface area contributed by atoms with Gasteiger partial charge in [0.15, 0.2) is 5.82 Å². The second-order valence-corrected chi connectivity index (χ2v) is 4.28. The van der Waals surface area contributed by atoms with Gasteiger partial charge < -0.3 is 5.32 Å². The predicted molar refractivity (Wildman–Crippen MR) is 59.2 cm³/mol. The van der Waals surface area contributed by atoms with Crippen LogP contribution in [-0.4, -0.2) is 26.8 Å². The quantitative estimate of drug-likeness (QED) is 0.765. The summed E-state index contributed by atoms with van der Waals surface area (Å²) in [4.78, 5) is 0. The molecule has 1 heterocycles. The fraction of sp³-hybridized carbons (Fsp3) is 0.900. The number of aromatic nitrogens is 4. The third-order valence-electron chi connectivity index (χ3n) is 2.74. The van der Waals surface area contributed by atoms with Crippen LogP contribution in [0.1, 0.15) is 33.5 Å². The van der Waals surface area contributed by atoms with Crippen molar-refractivity contribution in [3.8, 4) is 0 Å². The van der Waals surface area contributed by atoms with Crippen LogP contribution >= 0.6 is 0 Å². The first-order valence-corrected chi connectivity index (χ1v) is 5.60. The first kappa shape index (κ1) is 12.1. The normalized spacial score (nSPS) is 13.4. The van der Waals surface area contributed by atoms with Crippen LogP contribution in [-0.2, 0) is 13.1 Å². The third kappa shape index (κ3) is 3.58. The molecule has 0 amide bonds. The number of nitrogens with one attached hydrogen (secondary N) is 1. The SMILES string of the molecule is CCNCc1nnnn1CC(C)C(C)C. The zero-order valence-electron chi connectivity index (χ0n) is 10.1. The Bertz CT molecular complexity index is 281. The topological polar surface area (TPSA) is 55.6 Å². The number of rotatable bonds is 6. The van der Waals surface area contributed by atoms with Crippen molar-refractivity contribution in [2.75, 3.05) is 6.54 Å². The zero-order valence-corrected chi connectivity index (χ0v) is 10.1. The van der Waals surface area contributed by atoms with Gasteiger partial charge in [-0.05, 0) is 28.8 Å². The van der Waals surface area contributed by atoms with Gasteiger partial charge in [0.25, 0.3) is 0 Å². The maximum atomic E-state index is 4.01. The van der Waals surface area contributed by atoms with Crippen molar-refractivity contribution < 1.29 is 0 Å². The minimum Gasteiger partial charge on any atom is -0.310 e. The van der Waals surface area contributed by atoms with Crippen LogP contribution in [0.4, 0.5) is 0 Å². The van der Waals surface area contributed by atoms with Crippen LogP contribution in [0.15, 0.2) is 0 Å². The fourth-order valence-corrected chi connectivity index (χ4v) is 1.21. The second kappa shape index (κ2) is 5.80. The number of nitrogens with zero attached hydrogens (tertiary/aromatic N) is 4. The maximum absolute atomic E-state index is 4.01. The van der Waals surface area contributed by atoms with Crippen molar-refractivity contribution in [3.05, 3.63) is 5.82 Å². The van der Waals surface area contributed by atoms with E-state index in [-0.39, 0.29) is 0 Å². The highest BCUT2D eigenvalue weighted by Gasteiger charge is 2.12. The van der Waals surface area contributed by atoms with Crippen molar-refractivity contribution in [1.29, 1.82) is 0 Å². The van der Waals surface area contributed by atoms with Crippen LogP contribution in [0.3, 0.4) is 0 Å². The molecule has 1 aromatic heterocycles. The lowest BCUT2D eigenvalue weighted by Gasteiger charge is -2.15. The third-order valence-corrected chi connectivity index (χ3v) is 2.74. The van der Waals surface area contributed by atoms with E-state index in [0.29, 0.717) is 11.8 Å². The fourth-order valence-electron chi connectivity index (χ4n) is 1.21. The summed E-state index contributed by atoms with van der Waals surface area (Å²) in [5.74, 6) is 2.17. The molecule has 0 aliphatic rings. The molecule has 1 unspecified atom stereocenters. The Kier molecular flexibility index (Phi) is 4.68. The van der Waals surface area contributed by atoms with E-state index in [1.54, 1.807) is 0 Å². The standard InChI is InChI=1S/C10H21N5/c1-5-11-6-10-12-13-14-15(10)7-9(4)8(2)3/h8-9,11H,5-7H2,1-4H3. The van der Waals surface area contributed by atoms with E-state index in [4.69, 9.17) is 0 Å². The van der Waals surface area contributed by atoms with E-state index in [1.807, 2.05) is 4.68 Å². The minimum atomic E-state index is 0.592. The summed E-state index contributed by atoms with van der Waals surface area (Å²) >= 11 is 0. The Morgan fingerprint density at radius 1 is 1.33 bits per heavy atom. The highest BCUT2D eigenvalue weighted by atomic mass is 15.5. The molecular weight excluding hydrogens is 190 g/mol. The Balaban J connectivity index is 2.56. The van der Waals surface area contributed by atoms with Gasteiger partial charge in [0.05, 0.1) is 6.54 Å². The molecule has 0 radical (unpaired) electrons. The van der Waals surface area contributed by atoms with Crippen molar-refractivity contribution in [2.24, 2.45) is 11.8 Å². The van der Waals surface area contributed by atoms with E-state index in [1.165, 1.54) is 0 Å². The van der Waals surface area contributed by atoms with Crippen LogP contribution in [0.2, 0.25) is 0 Å². The molecule has 86 valence electrons. The predicted octanol–water partition coefficient (Wildman–Crippen LogP) is 1.07. The summed E-state index contributed by atoms with van der Waals surface area (Å²) < 4.78 is 1.90. The van der Waals surface area contributed by atoms with Crippen LogP contribution in [0.25, 0.3) is 0 Å². The van der Waals surface area contributed by atoms with Crippen LogP contribution in [0, 0.1) is 11.8 Å². The smallest absolute Gasteiger partial charge is 0.165 e. The lowest BCUT2D eigenvalue weighted by atomic mass is 9.98. The molecule has 1 atom stereocenters. The summed E-state index contributed by atoms with van der Waals surface area (Å²) in [6, 6.07) is 0. The van der Waals surface area contributed by atoms with Gasteiger partial charge in [-0.15, -0.1) is 5.10 Å². The molecule has 5 nitrogen and oxygen atoms in total. The lowest BCUT2D eigenvalue weighted by molar-refractivity contribution is 0.338. The van der Waals surface area contributed by atoms with Gasteiger partial charge in [0, 0.05) is 6.54 Å². The molecular formula is C10H21N5. The second-order valence-electron chi connectivity index (χ2n) is 4.28. The van der Waals surface area contributed by atoms with Crippen LogP contribution < -0.4 is 5.32 Å². The molecule has 0 bridgehead atoms. The first-order chi connectivity index (χ1) is 7.15. The molecule has 0 saturated carbocycles. The molecule has 0 aliphatic heterocycles. The number of tetrazole rings is 1.